The van der Waals surface area contributed by atoms with Crippen molar-refractivity contribution in [3.63, 3.8) is 0 Å². The maximum absolute atomic E-state index is 12.3. The topological polar surface area (TPSA) is 131 Å². The van der Waals surface area contributed by atoms with E-state index < -0.39 is 23.8 Å². The number of aliphatic hydroxyl groups is 1. The summed E-state index contributed by atoms with van der Waals surface area (Å²) in [5.74, 6) is 4.16. The Morgan fingerprint density at radius 3 is 2.62 bits per heavy atom. The number of nitrogens with two attached hydrogens (primary N) is 2. The number of hydrogen-bond acceptors (Lipinski definition) is 6. The molecular formula is C14H22N4O3. The van der Waals surface area contributed by atoms with Gasteiger partial charge in [-0.2, -0.15) is 0 Å². The van der Waals surface area contributed by atoms with Crippen LogP contribution in [0.3, 0.4) is 0 Å². The van der Waals surface area contributed by atoms with Gasteiger partial charge in [0.1, 0.15) is 11.8 Å². The standard InChI is InChI=1S/C14H22N4O3/c1-8(2)5-6-10(15)13(20)12(19)9-4-3-7-17-11(9)14(21)18-16/h3-4,7-8,10,13,20H,5-6,15-16H2,1-2H3,(H,18,21)/t10-,13?/m1/s1. The number of carbonyl (C=O) groups is 2. The smallest absolute Gasteiger partial charge is 0.284 e. The second kappa shape index (κ2) is 7.82. The first kappa shape index (κ1) is 17.2. The zero-order chi connectivity index (χ0) is 16.0. The Labute approximate surface area is 123 Å². The lowest BCUT2D eigenvalue weighted by Crippen LogP contribution is -2.42. The molecule has 1 aromatic rings. The fourth-order valence-electron chi connectivity index (χ4n) is 1.89. The van der Waals surface area contributed by atoms with Gasteiger partial charge in [-0.15, -0.1) is 0 Å². The van der Waals surface area contributed by atoms with Crippen molar-refractivity contribution >= 4 is 11.7 Å². The number of hydrogen-bond donors (Lipinski definition) is 4. The number of pyridine rings is 1. The first-order chi connectivity index (χ1) is 9.88. The van der Waals surface area contributed by atoms with E-state index in [0.717, 1.165) is 6.42 Å². The van der Waals surface area contributed by atoms with Gasteiger partial charge in [-0.1, -0.05) is 13.8 Å². The molecule has 0 radical (unpaired) electrons. The maximum atomic E-state index is 12.3. The summed E-state index contributed by atoms with van der Waals surface area (Å²) >= 11 is 0. The number of aliphatic hydroxyl groups excluding tert-OH is 1. The summed E-state index contributed by atoms with van der Waals surface area (Å²) in [5.41, 5.74) is 7.65. The lowest BCUT2D eigenvalue weighted by atomic mass is 9.94. The Morgan fingerprint density at radius 2 is 2.05 bits per heavy atom. The molecule has 1 unspecified atom stereocenters. The summed E-state index contributed by atoms with van der Waals surface area (Å²) in [7, 11) is 0. The van der Waals surface area contributed by atoms with Crippen LogP contribution in [0.4, 0.5) is 0 Å². The molecule has 0 aromatic carbocycles. The number of nitrogens with one attached hydrogen (secondary N) is 1. The average Bonchev–Trinajstić information content (AvgIpc) is 2.50. The fraction of sp³-hybridized carbons (Fsp3) is 0.500. The molecule has 1 rings (SSSR count). The molecule has 0 aliphatic heterocycles. The third kappa shape index (κ3) is 4.59. The van der Waals surface area contributed by atoms with Crippen molar-refractivity contribution in [2.45, 2.75) is 38.8 Å². The van der Waals surface area contributed by atoms with Gasteiger partial charge in [0.15, 0.2) is 5.78 Å². The Morgan fingerprint density at radius 1 is 1.38 bits per heavy atom. The number of hydrazine groups is 1. The van der Waals surface area contributed by atoms with E-state index in [-0.39, 0.29) is 11.3 Å². The zero-order valence-corrected chi connectivity index (χ0v) is 12.2. The van der Waals surface area contributed by atoms with Crippen LogP contribution in [-0.4, -0.2) is 33.9 Å². The van der Waals surface area contributed by atoms with Crippen LogP contribution in [-0.2, 0) is 0 Å². The number of nitrogens with zero attached hydrogens (tertiary/aromatic N) is 1. The van der Waals surface area contributed by atoms with Crippen LogP contribution in [0.25, 0.3) is 0 Å². The van der Waals surface area contributed by atoms with Crippen LogP contribution in [0.5, 0.6) is 0 Å². The highest BCUT2D eigenvalue weighted by atomic mass is 16.3. The van der Waals surface area contributed by atoms with Gasteiger partial charge in [-0.05, 0) is 30.9 Å². The first-order valence-electron chi connectivity index (χ1n) is 6.82. The molecule has 116 valence electrons. The Kier molecular flexibility index (Phi) is 6.41. The zero-order valence-electron chi connectivity index (χ0n) is 12.2. The van der Waals surface area contributed by atoms with Crippen molar-refractivity contribution in [1.29, 1.82) is 0 Å². The quantitative estimate of drug-likeness (QED) is 0.242. The van der Waals surface area contributed by atoms with Crippen LogP contribution >= 0.6 is 0 Å². The van der Waals surface area contributed by atoms with Crippen molar-refractivity contribution in [1.82, 2.24) is 10.4 Å². The molecule has 0 aliphatic rings. The molecule has 0 spiro atoms. The third-order valence-electron chi connectivity index (χ3n) is 3.17. The molecule has 0 saturated carbocycles. The van der Waals surface area contributed by atoms with Gasteiger partial charge in [0.25, 0.3) is 5.91 Å². The van der Waals surface area contributed by atoms with Gasteiger partial charge in [-0.3, -0.25) is 20.0 Å². The number of amides is 1. The van der Waals surface area contributed by atoms with Gasteiger partial charge in [-0.25, -0.2) is 5.84 Å². The van der Waals surface area contributed by atoms with Crippen LogP contribution in [0.1, 0.15) is 47.5 Å². The van der Waals surface area contributed by atoms with Crippen molar-refractivity contribution in [2.24, 2.45) is 17.5 Å². The number of carbonyl (C=O) groups excluding carboxylic acids is 2. The Hall–Kier alpha value is -1.83. The number of aromatic nitrogens is 1. The molecule has 1 amide bonds. The minimum atomic E-state index is -1.38. The second-order valence-electron chi connectivity index (χ2n) is 5.32. The lowest BCUT2D eigenvalue weighted by molar-refractivity contribution is 0.0677. The van der Waals surface area contributed by atoms with Crippen LogP contribution in [0, 0.1) is 5.92 Å². The number of rotatable bonds is 7. The minimum Gasteiger partial charge on any atom is -0.383 e. The number of Topliss-reactive ketones (excluding diaryl/α,β-unsaturated/α-hetero) is 1. The van der Waals surface area contributed by atoms with Gasteiger partial charge in [0.05, 0.1) is 5.56 Å². The minimum absolute atomic E-state index is 0.00736. The Balaban J connectivity index is 2.90. The van der Waals surface area contributed by atoms with E-state index in [1.165, 1.54) is 18.3 Å². The normalized spacial score (nSPS) is 13.8. The van der Waals surface area contributed by atoms with Crippen molar-refractivity contribution in [2.75, 3.05) is 0 Å². The molecule has 0 aliphatic carbocycles. The molecule has 7 nitrogen and oxygen atoms in total. The lowest BCUT2D eigenvalue weighted by Gasteiger charge is -2.19. The molecule has 0 saturated heterocycles. The van der Waals surface area contributed by atoms with Crippen LogP contribution in [0.15, 0.2) is 18.3 Å². The van der Waals surface area contributed by atoms with E-state index in [0.29, 0.717) is 12.3 Å². The molecule has 0 bridgehead atoms. The molecule has 1 aromatic heterocycles. The summed E-state index contributed by atoms with van der Waals surface area (Å²) in [6.07, 6.45) is 1.31. The summed E-state index contributed by atoms with van der Waals surface area (Å²) in [6, 6.07) is 2.24. The second-order valence-corrected chi connectivity index (χ2v) is 5.32. The maximum Gasteiger partial charge on any atom is 0.284 e. The first-order valence-corrected chi connectivity index (χ1v) is 6.82. The van der Waals surface area contributed by atoms with Gasteiger partial charge >= 0.3 is 0 Å². The molecule has 6 N–H and O–H groups in total. The van der Waals surface area contributed by atoms with E-state index in [1.807, 2.05) is 19.3 Å². The SMILES string of the molecule is CC(C)CC[C@@H](N)C(O)C(=O)c1cccnc1C(=O)NN. The van der Waals surface area contributed by atoms with E-state index in [1.54, 1.807) is 0 Å². The highest BCUT2D eigenvalue weighted by Gasteiger charge is 2.27. The Bertz CT molecular complexity index is 505. The summed E-state index contributed by atoms with van der Waals surface area (Å²) in [6.45, 7) is 4.07. The van der Waals surface area contributed by atoms with Crippen molar-refractivity contribution in [3.05, 3.63) is 29.6 Å². The van der Waals surface area contributed by atoms with E-state index >= 15 is 0 Å². The van der Waals surface area contributed by atoms with Gasteiger partial charge < -0.3 is 10.8 Å². The summed E-state index contributed by atoms with van der Waals surface area (Å²) in [4.78, 5) is 27.7. The van der Waals surface area contributed by atoms with Crippen molar-refractivity contribution < 1.29 is 14.7 Å². The van der Waals surface area contributed by atoms with Gasteiger partial charge in [0.2, 0.25) is 0 Å². The molecule has 2 atom stereocenters. The fourth-order valence-corrected chi connectivity index (χ4v) is 1.89. The highest BCUT2D eigenvalue weighted by molar-refractivity contribution is 6.08. The van der Waals surface area contributed by atoms with E-state index in [9.17, 15) is 14.7 Å². The summed E-state index contributed by atoms with van der Waals surface area (Å²) in [5, 5.41) is 10.1. The average molecular weight is 294 g/mol. The van der Waals surface area contributed by atoms with E-state index in [2.05, 4.69) is 4.98 Å². The van der Waals surface area contributed by atoms with Crippen molar-refractivity contribution in [3.8, 4) is 0 Å². The molecule has 0 fully saturated rings. The van der Waals surface area contributed by atoms with Crippen LogP contribution < -0.4 is 17.0 Å². The third-order valence-corrected chi connectivity index (χ3v) is 3.17. The van der Waals surface area contributed by atoms with Crippen LogP contribution in [0.2, 0.25) is 0 Å². The summed E-state index contributed by atoms with van der Waals surface area (Å²) < 4.78 is 0. The molecule has 7 heteroatoms. The molecule has 1 heterocycles. The highest BCUT2D eigenvalue weighted by Crippen LogP contribution is 2.14. The number of nitrogen functional groups attached to an aromatic ring is 1. The van der Waals surface area contributed by atoms with Gasteiger partial charge in [0, 0.05) is 12.2 Å². The molecule has 21 heavy (non-hydrogen) atoms. The predicted octanol–water partition coefficient (Wildman–Crippen LogP) is -0.00780. The monoisotopic (exact) mass is 294 g/mol. The number of ketones is 1. The van der Waals surface area contributed by atoms with E-state index in [4.69, 9.17) is 11.6 Å². The molecular weight excluding hydrogens is 272 g/mol. The predicted molar refractivity (Wildman–Crippen MR) is 78.3 cm³/mol. The largest absolute Gasteiger partial charge is 0.383 e.